The van der Waals surface area contributed by atoms with E-state index in [1.165, 1.54) is 13.8 Å². The molecule has 28 heavy (non-hydrogen) atoms. The van der Waals surface area contributed by atoms with Crippen molar-refractivity contribution in [3.05, 3.63) is 0 Å². The van der Waals surface area contributed by atoms with E-state index in [1.807, 2.05) is 0 Å². The van der Waals surface area contributed by atoms with Crippen LogP contribution in [0.5, 0.6) is 0 Å². The molecule has 3 N–H and O–H groups in total. The van der Waals surface area contributed by atoms with Crippen molar-refractivity contribution in [2.24, 2.45) is 0 Å². The molecule has 1 aliphatic heterocycles. The molecular weight excluding hydrogens is 380 g/mol. The monoisotopic (exact) mass is 406 g/mol. The highest BCUT2D eigenvalue weighted by molar-refractivity contribution is 5.73. The maximum atomic E-state index is 11.6. The quantitative estimate of drug-likeness (QED) is 0.171. The zero-order valence-corrected chi connectivity index (χ0v) is 16.1. The SMILES string of the molecule is CC(=O)NC1C(ONCCO)OC(COC(C)=O)C(OC(C)=O)C1OC(C)=O. The van der Waals surface area contributed by atoms with Crippen LogP contribution in [0, 0.1) is 0 Å². The number of carbonyl (C=O) groups excluding carboxylic acids is 4. The second-order valence-electron chi connectivity index (χ2n) is 5.96. The van der Waals surface area contributed by atoms with Crippen molar-refractivity contribution in [3.63, 3.8) is 0 Å². The maximum Gasteiger partial charge on any atom is 0.303 e. The van der Waals surface area contributed by atoms with Gasteiger partial charge in [0, 0.05) is 34.2 Å². The molecule has 160 valence electrons. The van der Waals surface area contributed by atoms with Crippen LogP contribution < -0.4 is 10.8 Å². The Kier molecular flexibility index (Phi) is 9.79. The Labute approximate surface area is 161 Å². The summed E-state index contributed by atoms with van der Waals surface area (Å²) in [6.45, 7) is 4.19. The van der Waals surface area contributed by atoms with Gasteiger partial charge in [-0.2, -0.15) is 5.48 Å². The van der Waals surface area contributed by atoms with E-state index in [2.05, 4.69) is 10.8 Å². The molecule has 1 fully saturated rings. The average molecular weight is 406 g/mol. The Morgan fingerprint density at radius 2 is 1.57 bits per heavy atom. The van der Waals surface area contributed by atoms with Gasteiger partial charge in [-0.1, -0.05) is 0 Å². The van der Waals surface area contributed by atoms with Crippen molar-refractivity contribution in [1.82, 2.24) is 10.8 Å². The van der Waals surface area contributed by atoms with E-state index in [-0.39, 0.29) is 19.8 Å². The number of ether oxygens (including phenoxy) is 4. The van der Waals surface area contributed by atoms with Gasteiger partial charge in [-0.25, -0.2) is 0 Å². The van der Waals surface area contributed by atoms with Gasteiger partial charge in [0.25, 0.3) is 0 Å². The number of hydrogen-bond acceptors (Lipinski definition) is 11. The van der Waals surface area contributed by atoms with Gasteiger partial charge >= 0.3 is 17.9 Å². The largest absolute Gasteiger partial charge is 0.463 e. The van der Waals surface area contributed by atoms with Gasteiger partial charge in [0.15, 0.2) is 12.2 Å². The summed E-state index contributed by atoms with van der Waals surface area (Å²) >= 11 is 0. The lowest BCUT2D eigenvalue weighted by atomic mass is 9.96. The molecule has 0 bridgehead atoms. The summed E-state index contributed by atoms with van der Waals surface area (Å²) in [7, 11) is 0. The van der Waals surface area contributed by atoms with E-state index in [1.54, 1.807) is 0 Å². The van der Waals surface area contributed by atoms with Gasteiger partial charge in [-0.15, -0.1) is 0 Å². The molecule has 1 saturated heterocycles. The molecule has 0 aromatic heterocycles. The lowest BCUT2D eigenvalue weighted by molar-refractivity contribution is -0.292. The van der Waals surface area contributed by atoms with Crippen LogP contribution in [0.1, 0.15) is 27.7 Å². The first kappa shape index (κ1) is 23.8. The van der Waals surface area contributed by atoms with E-state index >= 15 is 0 Å². The maximum absolute atomic E-state index is 11.6. The Bertz CT molecular complexity index is 570. The molecule has 12 heteroatoms. The third kappa shape index (κ3) is 7.76. The Morgan fingerprint density at radius 3 is 2.07 bits per heavy atom. The van der Waals surface area contributed by atoms with Crippen LogP contribution in [-0.4, -0.2) is 79.3 Å². The van der Waals surface area contributed by atoms with Crippen LogP contribution in [0.3, 0.4) is 0 Å². The molecule has 0 radical (unpaired) electrons. The van der Waals surface area contributed by atoms with Crippen LogP contribution in [-0.2, 0) is 43.0 Å². The number of rotatable bonds is 9. The van der Waals surface area contributed by atoms with Crippen LogP contribution in [0.4, 0.5) is 0 Å². The molecule has 0 aromatic carbocycles. The summed E-state index contributed by atoms with van der Waals surface area (Å²) in [5.74, 6) is -2.48. The van der Waals surface area contributed by atoms with Crippen molar-refractivity contribution < 1.29 is 48.1 Å². The number of aliphatic hydroxyl groups is 1. The van der Waals surface area contributed by atoms with Crippen LogP contribution >= 0.6 is 0 Å². The van der Waals surface area contributed by atoms with Gasteiger partial charge in [0.2, 0.25) is 12.2 Å². The van der Waals surface area contributed by atoms with Crippen LogP contribution in [0.25, 0.3) is 0 Å². The normalized spacial score (nSPS) is 26.8. The lowest BCUT2D eigenvalue weighted by Crippen LogP contribution is -2.67. The molecule has 1 amide bonds. The van der Waals surface area contributed by atoms with E-state index in [0.717, 1.165) is 13.8 Å². The highest BCUT2D eigenvalue weighted by atomic mass is 16.8. The number of esters is 3. The summed E-state index contributed by atoms with van der Waals surface area (Å²) in [5.41, 5.74) is 2.44. The first-order chi connectivity index (χ1) is 13.1. The Morgan fingerprint density at radius 1 is 0.964 bits per heavy atom. The van der Waals surface area contributed by atoms with Crippen molar-refractivity contribution in [2.75, 3.05) is 19.8 Å². The molecule has 1 heterocycles. The number of hydrogen-bond donors (Lipinski definition) is 3. The number of hydroxylamine groups is 1. The fraction of sp³-hybridized carbons (Fsp3) is 0.750. The summed E-state index contributed by atoms with van der Waals surface area (Å²) in [6.07, 6.45) is -4.65. The molecule has 5 unspecified atom stereocenters. The highest BCUT2D eigenvalue weighted by Crippen LogP contribution is 2.27. The first-order valence-electron chi connectivity index (χ1n) is 8.55. The summed E-state index contributed by atoms with van der Waals surface area (Å²) in [5, 5.41) is 11.4. The number of nitrogens with one attached hydrogen (secondary N) is 2. The molecule has 0 spiro atoms. The molecule has 0 aliphatic carbocycles. The topological polar surface area (TPSA) is 159 Å². The fourth-order valence-electron chi connectivity index (χ4n) is 2.58. The first-order valence-corrected chi connectivity index (χ1v) is 8.55. The summed E-state index contributed by atoms with van der Waals surface area (Å²) in [4.78, 5) is 51.3. The molecule has 0 aromatic rings. The second-order valence-corrected chi connectivity index (χ2v) is 5.96. The molecule has 5 atom stereocenters. The molecule has 1 aliphatic rings. The number of carbonyl (C=O) groups is 4. The zero-order valence-electron chi connectivity index (χ0n) is 16.1. The predicted molar refractivity (Wildman–Crippen MR) is 90.2 cm³/mol. The second kappa shape index (κ2) is 11.5. The molecular formula is C16H26N2O10. The zero-order chi connectivity index (χ0) is 21.3. The number of aliphatic hydroxyl groups excluding tert-OH is 1. The van der Waals surface area contributed by atoms with Gasteiger partial charge in [0.1, 0.15) is 18.8 Å². The minimum absolute atomic E-state index is 0.0485. The van der Waals surface area contributed by atoms with Gasteiger partial charge in [-0.05, 0) is 0 Å². The van der Waals surface area contributed by atoms with Crippen molar-refractivity contribution >= 4 is 23.8 Å². The summed E-state index contributed by atoms with van der Waals surface area (Å²) < 4.78 is 21.2. The Hall–Kier alpha value is -2.28. The van der Waals surface area contributed by atoms with Crippen molar-refractivity contribution in [3.8, 4) is 0 Å². The van der Waals surface area contributed by atoms with Gasteiger partial charge in [0.05, 0.1) is 6.61 Å². The molecule has 12 nitrogen and oxygen atoms in total. The smallest absolute Gasteiger partial charge is 0.303 e. The van der Waals surface area contributed by atoms with Crippen LogP contribution in [0.2, 0.25) is 0 Å². The van der Waals surface area contributed by atoms with Crippen LogP contribution in [0.15, 0.2) is 0 Å². The third-order valence-corrected chi connectivity index (χ3v) is 3.48. The predicted octanol–water partition coefficient (Wildman–Crippen LogP) is -1.84. The lowest BCUT2D eigenvalue weighted by Gasteiger charge is -2.44. The van der Waals surface area contributed by atoms with Gasteiger partial charge in [-0.3, -0.25) is 24.0 Å². The van der Waals surface area contributed by atoms with Gasteiger partial charge < -0.3 is 29.4 Å². The van der Waals surface area contributed by atoms with E-state index in [0.29, 0.717) is 0 Å². The van der Waals surface area contributed by atoms with E-state index in [4.69, 9.17) is 28.9 Å². The fourth-order valence-corrected chi connectivity index (χ4v) is 2.58. The standard InChI is InChI=1S/C16H26N2O10/c1-8(20)18-13-15(26-11(4)23)14(25-10(3)22)12(7-24-9(2)21)27-16(13)28-17-5-6-19/h12-17,19H,5-7H2,1-4H3,(H,18,20). The molecule has 1 rings (SSSR count). The van der Waals surface area contributed by atoms with E-state index in [9.17, 15) is 19.2 Å². The van der Waals surface area contributed by atoms with Crippen molar-refractivity contribution in [1.29, 1.82) is 0 Å². The highest BCUT2D eigenvalue weighted by Gasteiger charge is 2.51. The Balaban J connectivity index is 3.21. The molecule has 0 saturated carbocycles. The van der Waals surface area contributed by atoms with E-state index < -0.39 is 54.5 Å². The number of amides is 1. The third-order valence-electron chi connectivity index (χ3n) is 3.48. The van der Waals surface area contributed by atoms with Crippen molar-refractivity contribution in [2.45, 2.75) is 58.3 Å². The average Bonchev–Trinajstić information content (AvgIpc) is 2.57. The summed E-state index contributed by atoms with van der Waals surface area (Å²) in [6, 6.07) is -1.06. The minimum atomic E-state index is -1.22. The minimum Gasteiger partial charge on any atom is -0.463 e.